The Morgan fingerprint density at radius 2 is 1.67 bits per heavy atom. The number of hydrogen-bond acceptors (Lipinski definition) is 2. The predicted molar refractivity (Wildman–Crippen MR) is 68.4 cm³/mol. The van der Waals surface area contributed by atoms with Gasteiger partial charge in [0.1, 0.15) is 11.6 Å². The summed E-state index contributed by atoms with van der Waals surface area (Å²) in [4.78, 5) is 2.43. The molecule has 0 radical (unpaired) electrons. The number of piperidine rings is 1. The summed E-state index contributed by atoms with van der Waals surface area (Å²) < 4.78 is 25.9. The molecule has 2 nitrogen and oxygen atoms in total. The van der Waals surface area contributed by atoms with Crippen LogP contribution < -0.4 is 5.32 Å². The topological polar surface area (TPSA) is 15.3 Å². The Bertz CT molecular complexity index is 356. The molecule has 0 bridgehead atoms. The van der Waals surface area contributed by atoms with Gasteiger partial charge in [-0.25, -0.2) is 8.78 Å². The van der Waals surface area contributed by atoms with Gasteiger partial charge in [0, 0.05) is 25.7 Å². The number of rotatable bonds is 5. The number of nitrogens with zero attached hydrogens (tertiary/aromatic N) is 1. The highest BCUT2D eigenvalue weighted by Gasteiger charge is 2.08. The average Bonchev–Trinajstić information content (AvgIpc) is 2.35. The van der Waals surface area contributed by atoms with Crippen molar-refractivity contribution >= 4 is 0 Å². The van der Waals surface area contributed by atoms with Crippen LogP contribution >= 0.6 is 0 Å². The van der Waals surface area contributed by atoms with Crippen molar-refractivity contribution in [3.05, 3.63) is 35.4 Å². The molecule has 1 aliphatic heterocycles. The van der Waals surface area contributed by atoms with E-state index in [2.05, 4.69) is 10.2 Å². The van der Waals surface area contributed by atoms with E-state index < -0.39 is 11.6 Å². The summed E-state index contributed by atoms with van der Waals surface area (Å²) in [5, 5.41) is 3.23. The number of likely N-dealkylation sites (tertiary alicyclic amines) is 1. The fourth-order valence-electron chi connectivity index (χ4n) is 2.37. The number of halogens is 2. The Morgan fingerprint density at radius 3 is 2.33 bits per heavy atom. The van der Waals surface area contributed by atoms with Crippen molar-refractivity contribution in [1.29, 1.82) is 0 Å². The minimum Gasteiger partial charge on any atom is -0.311 e. The molecule has 100 valence electrons. The predicted octanol–water partition coefficient (Wildman–Crippen LogP) is 2.54. The van der Waals surface area contributed by atoms with Crippen molar-refractivity contribution in [2.75, 3.05) is 26.2 Å². The summed E-state index contributed by atoms with van der Waals surface area (Å²) in [6, 6.07) is 3.64. The zero-order valence-electron chi connectivity index (χ0n) is 10.6. The van der Waals surface area contributed by atoms with E-state index in [0.29, 0.717) is 12.1 Å². The molecule has 18 heavy (non-hydrogen) atoms. The molecule has 0 atom stereocenters. The lowest BCUT2D eigenvalue weighted by molar-refractivity contribution is 0.229. The molecule has 0 aromatic heterocycles. The Morgan fingerprint density at radius 1 is 1.00 bits per heavy atom. The Balaban J connectivity index is 1.68. The Labute approximate surface area is 107 Å². The summed E-state index contributed by atoms with van der Waals surface area (Å²) in [5.74, 6) is -1.02. The molecule has 1 aromatic rings. The number of nitrogens with one attached hydrogen (secondary N) is 1. The maximum atomic E-state index is 13.0. The lowest BCUT2D eigenvalue weighted by Gasteiger charge is -2.26. The minimum absolute atomic E-state index is 0.511. The fourth-order valence-corrected chi connectivity index (χ4v) is 2.37. The molecule has 1 N–H and O–H groups in total. The van der Waals surface area contributed by atoms with Crippen LogP contribution in [-0.2, 0) is 6.54 Å². The average molecular weight is 254 g/mol. The highest BCUT2D eigenvalue weighted by Crippen LogP contribution is 2.08. The molecule has 1 aromatic carbocycles. The third-order valence-corrected chi connectivity index (χ3v) is 3.30. The van der Waals surface area contributed by atoms with E-state index >= 15 is 0 Å². The van der Waals surface area contributed by atoms with E-state index in [9.17, 15) is 8.78 Å². The third-order valence-electron chi connectivity index (χ3n) is 3.30. The second-order valence-corrected chi connectivity index (χ2v) is 4.86. The highest BCUT2D eigenvalue weighted by atomic mass is 19.1. The van der Waals surface area contributed by atoms with Crippen LogP contribution in [0.2, 0.25) is 0 Å². The first kappa shape index (κ1) is 13.4. The normalized spacial score (nSPS) is 17.0. The summed E-state index contributed by atoms with van der Waals surface area (Å²) in [6.45, 7) is 4.74. The van der Waals surface area contributed by atoms with E-state index in [0.717, 1.165) is 19.2 Å². The minimum atomic E-state index is -0.511. The van der Waals surface area contributed by atoms with Gasteiger partial charge in [-0.3, -0.25) is 0 Å². The van der Waals surface area contributed by atoms with E-state index in [-0.39, 0.29) is 0 Å². The van der Waals surface area contributed by atoms with Gasteiger partial charge in [-0.05, 0) is 43.6 Å². The first-order valence-corrected chi connectivity index (χ1v) is 6.62. The van der Waals surface area contributed by atoms with E-state index in [1.54, 1.807) is 0 Å². The van der Waals surface area contributed by atoms with Crippen LogP contribution in [0.1, 0.15) is 24.8 Å². The molecule has 0 aliphatic carbocycles. The van der Waals surface area contributed by atoms with Crippen LogP contribution in [0.25, 0.3) is 0 Å². The Kier molecular flexibility index (Phi) is 5.08. The molecular weight excluding hydrogens is 234 g/mol. The monoisotopic (exact) mass is 254 g/mol. The third kappa shape index (κ3) is 4.35. The fraction of sp³-hybridized carbons (Fsp3) is 0.571. The zero-order valence-corrected chi connectivity index (χ0v) is 10.6. The first-order chi connectivity index (χ1) is 8.74. The van der Waals surface area contributed by atoms with Crippen LogP contribution in [0, 0.1) is 11.6 Å². The zero-order chi connectivity index (χ0) is 12.8. The van der Waals surface area contributed by atoms with Crippen LogP contribution in [0.3, 0.4) is 0 Å². The van der Waals surface area contributed by atoms with Crippen molar-refractivity contribution in [3.63, 3.8) is 0 Å². The molecule has 1 fully saturated rings. The van der Waals surface area contributed by atoms with Crippen LogP contribution in [0.4, 0.5) is 8.78 Å². The second kappa shape index (κ2) is 6.81. The first-order valence-electron chi connectivity index (χ1n) is 6.62. The molecule has 1 heterocycles. The van der Waals surface area contributed by atoms with Crippen molar-refractivity contribution in [3.8, 4) is 0 Å². The molecule has 0 unspecified atom stereocenters. The van der Waals surface area contributed by atoms with Crippen molar-refractivity contribution < 1.29 is 8.78 Å². The molecule has 0 spiro atoms. The standard InChI is InChI=1S/C14H20F2N2/c15-13-8-12(9-14(16)10-13)11-17-4-7-18-5-2-1-3-6-18/h8-10,17H,1-7,11H2. The SMILES string of the molecule is Fc1cc(F)cc(CNCCN2CCCCC2)c1. The van der Waals surface area contributed by atoms with Gasteiger partial charge >= 0.3 is 0 Å². The van der Waals surface area contributed by atoms with Crippen molar-refractivity contribution in [2.24, 2.45) is 0 Å². The van der Waals surface area contributed by atoms with Gasteiger partial charge in [-0.1, -0.05) is 6.42 Å². The van der Waals surface area contributed by atoms with Gasteiger partial charge in [-0.2, -0.15) is 0 Å². The van der Waals surface area contributed by atoms with Gasteiger partial charge in [-0.15, -0.1) is 0 Å². The molecule has 1 saturated heterocycles. The molecule has 0 amide bonds. The lowest BCUT2D eigenvalue weighted by atomic mass is 10.1. The van der Waals surface area contributed by atoms with E-state index in [1.807, 2.05) is 0 Å². The quantitative estimate of drug-likeness (QED) is 0.812. The van der Waals surface area contributed by atoms with Gasteiger partial charge in [0.15, 0.2) is 0 Å². The largest absolute Gasteiger partial charge is 0.311 e. The maximum absolute atomic E-state index is 13.0. The van der Waals surface area contributed by atoms with E-state index in [4.69, 9.17) is 0 Å². The molecule has 0 saturated carbocycles. The van der Waals surface area contributed by atoms with Crippen LogP contribution in [0.5, 0.6) is 0 Å². The van der Waals surface area contributed by atoms with Crippen molar-refractivity contribution in [1.82, 2.24) is 10.2 Å². The molecule has 4 heteroatoms. The second-order valence-electron chi connectivity index (χ2n) is 4.86. The summed E-state index contributed by atoms with van der Waals surface area (Å²) in [6.07, 6.45) is 3.91. The summed E-state index contributed by atoms with van der Waals surface area (Å²) in [7, 11) is 0. The van der Waals surface area contributed by atoms with Gasteiger partial charge in [0.2, 0.25) is 0 Å². The van der Waals surface area contributed by atoms with Gasteiger partial charge in [0.25, 0.3) is 0 Å². The highest BCUT2D eigenvalue weighted by molar-refractivity contribution is 5.17. The van der Waals surface area contributed by atoms with Gasteiger partial charge < -0.3 is 10.2 Å². The molecule has 1 aliphatic rings. The number of benzene rings is 1. The smallest absolute Gasteiger partial charge is 0.126 e. The van der Waals surface area contributed by atoms with E-state index in [1.165, 1.54) is 44.5 Å². The molecule has 2 rings (SSSR count). The van der Waals surface area contributed by atoms with Gasteiger partial charge in [0.05, 0.1) is 0 Å². The number of hydrogen-bond donors (Lipinski definition) is 1. The Hall–Kier alpha value is -1.00. The van der Waals surface area contributed by atoms with Crippen LogP contribution in [0.15, 0.2) is 18.2 Å². The summed E-state index contributed by atoms with van der Waals surface area (Å²) in [5.41, 5.74) is 0.658. The van der Waals surface area contributed by atoms with Crippen molar-refractivity contribution in [2.45, 2.75) is 25.8 Å². The van der Waals surface area contributed by atoms with Crippen LogP contribution in [-0.4, -0.2) is 31.1 Å². The summed E-state index contributed by atoms with van der Waals surface area (Å²) >= 11 is 0. The lowest BCUT2D eigenvalue weighted by Crippen LogP contribution is -2.35. The molecular formula is C14H20F2N2. The maximum Gasteiger partial charge on any atom is 0.126 e.